The molecular formula is C54H81BN12NaO11S2. The van der Waals surface area contributed by atoms with Gasteiger partial charge >= 0.3 is 41.5 Å². The van der Waals surface area contributed by atoms with E-state index in [2.05, 4.69) is 79.8 Å². The Morgan fingerprint density at radius 3 is 1.38 bits per heavy atom. The Morgan fingerprint density at radius 1 is 0.642 bits per heavy atom. The molecule has 0 saturated carbocycles. The van der Waals surface area contributed by atoms with Crippen LogP contribution in [0.3, 0.4) is 0 Å². The summed E-state index contributed by atoms with van der Waals surface area (Å²) in [6.45, 7) is 26.0. The van der Waals surface area contributed by atoms with Crippen molar-refractivity contribution < 1.29 is 81.8 Å². The van der Waals surface area contributed by atoms with Gasteiger partial charge < -0.3 is 56.5 Å². The topological polar surface area (TPSA) is 283 Å². The third kappa shape index (κ3) is 23.0. The summed E-state index contributed by atoms with van der Waals surface area (Å²) in [4.78, 5) is 92.3. The molecular weight excluding hydrogens is 1090 g/mol. The zero-order valence-corrected chi connectivity index (χ0v) is 51.4. The first-order valence-corrected chi connectivity index (χ1v) is 24.4. The molecule has 2 atom stereocenters. The molecule has 2 amide bonds. The molecule has 0 saturated heterocycles. The van der Waals surface area contributed by atoms with E-state index in [1.807, 2.05) is 109 Å². The molecule has 2 aliphatic rings. The molecule has 439 valence electrons. The van der Waals surface area contributed by atoms with Crippen molar-refractivity contribution in [2.45, 2.75) is 142 Å². The van der Waals surface area contributed by atoms with Crippen LogP contribution in [0.2, 0.25) is 0 Å². The molecule has 8 rings (SSSR count). The molecule has 3 N–H and O–H groups in total. The van der Waals surface area contributed by atoms with Crippen molar-refractivity contribution in [3.05, 3.63) is 107 Å². The zero-order chi connectivity index (χ0) is 56.3. The van der Waals surface area contributed by atoms with Gasteiger partial charge in [-0.25, -0.2) is 29.3 Å². The van der Waals surface area contributed by atoms with Crippen LogP contribution in [0.1, 0.15) is 158 Å². The first-order valence-electron chi connectivity index (χ1n) is 24.4. The molecule has 2 aromatic carbocycles. The van der Waals surface area contributed by atoms with Crippen LogP contribution in [0.25, 0.3) is 22.8 Å². The third-order valence-electron chi connectivity index (χ3n) is 11.3. The molecule has 0 fully saturated rings. The smallest absolute Gasteiger partial charge is 0.793 e. The summed E-state index contributed by atoms with van der Waals surface area (Å²) >= 11 is 0. The Hall–Kier alpha value is -6.16. The number of imidazole rings is 2. The summed E-state index contributed by atoms with van der Waals surface area (Å²) in [5, 5.41) is 17.4. The summed E-state index contributed by atoms with van der Waals surface area (Å²) in [6, 6.07) is 19.2. The van der Waals surface area contributed by atoms with E-state index in [1.165, 1.54) is 6.92 Å². The van der Waals surface area contributed by atoms with Crippen LogP contribution in [0.15, 0.2) is 69.7 Å². The number of amides is 2. The molecule has 27 heteroatoms. The zero-order valence-electron chi connectivity index (χ0n) is 47.4. The summed E-state index contributed by atoms with van der Waals surface area (Å²) in [6.07, 6.45) is 1.99. The summed E-state index contributed by atoms with van der Waals surface area (Å²) < 4.78 is 18.7. The van der Waals surface area contributed by atoms with Crippen molar-refractivity contribution in [2.75, 3.05) is 20.1 Å². The van der Waals surface area contributed by atoms with Gasteiger partial charge in [0.25, 0.3) is 11.8 Å². The van der Waals surface area contributed by atoms with Crippen molar-refractivity contribution in [1.82, 2.24) is 60.2 Å². The van der Waals surface area contributed by atoms with Crippen LogP contribution in [0, 0.1) is 24.7 Å². The SMILES string of the molecule is C.C.C=O.CC(=O)OOC(C)=O.Cc1noc([C@@H](NC(=O)c2nc(-c3ccccc3)n3c2CN(C)CCC3)C(C)(C)C)n1.Cc1noc([C@@H](NC(=O)c2nc(-c3ccccc3)n3c2CNCCC3)C(C)(C)C)n1.S.S.[B-]OC(C)=O.[Na+]. The Bertz CT molecular complexity index is 2860. The van der Waals surface area contributed by atoms with Crippen LogP contribution in [-0.2, 0) is 59.8 Å². The molecule has 0 spiro atoms. The number of carbonyl (C=O) groups is 6. The quantitative estimate of drug-likeness (QED) is 0.105. The van der Waals surface area contributed by atoms with Crippen molar-refractivity contribution in [1.29, 1.82) is 0 Å². The van der Waals surface area contributed by atoms with E-state index in [0.29, 0.717) is 47.9 Å². The van der Waals surface area contributed by atoms with Crippen molar-refractivity contribution >= 4 is 71.6 Å². The third-order valence-corrected chi connectivity index (χ3v) is 11.3. The van der Waals surface area contributed by atoms with Gasteiger partial charge in [0.15, 0.2) is 23.0 Å². The number of hydrogen-bond acceptors (Lipinski definition) is 19. The van der Waals surface area contributed by atoms with Gasteiger partial charge in [-0.05, 0) is 57.7 Å². The second kappa shape index (κ2) is 36.3. The number of rotatable bonds is 8. The minimum absolute atomic E-state index is 0. The van der Waals surface area contributed by atoms with Gasteiger partial charge in [-0.2, -0.15) is 37.0 Å². The molecule has 4 aromatic heterocycles. The Kier molecular flexibility index (Phi) is 34.5. The van der Waals surface area contributed by atoms with Crippen LogP contribution < -0.4 is 45.5 Å². The van der Waals surface area contributed by atoms with Crippen LogP contribution >= 0.6 is 27.0 Å². The number of nitrogens with zero attached hydrogens (tertiary/aromatic N) is 9. The number of fused-ring (bicyclic) bond motifs is 2. The summed E-state index contributed by atoms with van der Waals surface area (Å²) in [7, 11) is 6.40. The van der Waals surface area contributed by atoms with Crippen LogP contribution in [0.4, 0.5) is 0 Å². The molecule has 81 heavy (non-hydrogen) atoms. The van der Waals surface area contributed by atoms with Gasteiger partial charge in [0, 0.05) is 58.1 Å². The van der Waals surface area contributed by atoms with E-state index in [1.54, 1.807) is 13.8 Å². The normalized spacial score (nSPS) is 13.0. The monoisotopic (exact) mass is 1170 g/mol. The molecule has 6 heterocycles. The van der Waals surface area contributed by atoms with Crippen molar-refractivity contribution in [3.63, 3.8) is 0 Å². The van der Waals surface area contributed by atoms with Crippen molar-refractivity contribution in [3.8, 4) is 22.8 Å². The standard InChI is InChI=1S/C23H30N6O2.C22H28N6O2.C4H6O4.C2H3BO2.CH2O.2CH4.Na.2H2S/c1-15-24-22(31-27-15)19(23(2,3)4)26-21(30)18-17-14-28(5)12-9-13-29(17)20(25-18)16-10-7-6-8-11-16;1-14-24-21(30-27-14)18(22(2,3)4)26-20(29)17-16-13-23-11-8-12-28(16)19(25-17)15-9-6-5-7-10-15;1-3(5)7-8-4(2)6;1-2(4)5-3;1-2;;;;;/h6-8,10-11,19H,9,12-14H2,1-5H3,(H,26,30);5-7,9-10,18,23H,8,11-13H2,1-4H3,(H,26,29);1-2H3;1H3;1H2;2*1H4;;2*1H2/q;;;-1;;;;+1;;/t19-;18-;;;;;;;;/m11......../s1. The van der Waals surface area contributed by atoms with Gasteiger partial charge in [0.05, 0.1) is 11.4 Å². The van der Waals surface area contributed by atoms with E-state index in [4.69, 9.17) is 23.8 Å². The fourth-order valence-corrected chi connectivity index (χ4v) is 7.85. The maximum Gasteiger partial charge on any atom is 1.00 e. The van der Waals surface area contributed by atoms with Gasteiger partial charge in [0.2, 0.25) is 17.8 Å². The fraction of sp³-hybridized carbons (Fsp3) is 0.481. The van der Waals surface area contributed by atoms with Gasteiger partial charge in [-0.3, -0.25) is 14.4 Å². The minimum atomic E-state index is -0.639. The Labute approximate surface area is 513 Å². The minimum Gasteiger partial charge on any atom is -0.793 e. The molecule has 0 aliphatic carbocycles. The van der Waals surface area contributed by atoms with Gasteiger partial charge in [-0.15, -0.1) is 0 Å². The van der Waals surface area contributed by atoms with E-state index in [-0.39, 0.29) is 94.0 Å². The number of aryl methyl sites for hydroxylation is 2. The maximum absolute atomic E-state index is 13.5. The largest absolute Gasteiger partial charge is 1.00 e. The van der Waals surface area contributed by atoms with Gasteiger partial charge in [0.1, 0.15) is 30.5 Å². The summed E-state index contributed by atoms with van der Waals surface area (Å²) in [5.41, 5.74) is 4.11. The average Bonchev–Trinajstić information content (AvgIpc) is 4.11. The molecule has 0 unspecified atom stereocenters. The summed E-state index contributed by atoms with van der Waals surface area (Å²) in [5.74, 6) is 1.34. The van der Waals surface area contributed by atoms with E-state index >= 15 is 0 Å². The van der Waals surface area contributed by atoms with Crippen molar-refractivity contribution in [2.24, 2.45) is 10.8 Å². The average molecular weight is 1170 g/mol. The Morgan fingerprint density at radius 2 is 1.02 bits per heavy atom. The number of benzene rings is 2. The first-order chi connectivity index (χ1) is 36.0. The fourth-order valence-electron chi connectivity index (χ4n) is 7.85. The van der Waals surface area contributed by atoms with Crippen LogP contribution in [-0.4, -0.2) is 109 Å². The Balaban J connectivity index is 0. The molecule has 3 radical (unpaired) electrons. The number of carbonyl (C=O) groups excluding carboxylic acids is 6. The van der Waals surface area contributed by atoms with E-state index in [9.17, 15) is 24.0 Å². The number of nitrogens with one attached hydrogen (secondary N) is 3. The van der Waals surface area contributed by atoms with Crippen LogP contribution in [0.5, 0.6) is 0 Å². The number of hydrogen-bond donors (Lipinski definition) is 3. The molecule has 0 bridgehead atoms. The predicted molar refractivity (Wildman–Crippen MR) is 312 cm³/mol. The molecule has 23 nitrogen and oxygen atoms in total. The molecule has 2 aliphatic heterocycles. The van der Waals surface area contributed by atoms with E-state index in [0.717, 1.165) is 87.0 Å². The second-order valence-corrected chi connectivity index (χ2v) is 19.8. The van der Waals surface area contributed by atoms with Gasteiger partial charge in [-0.1, -0.05) is 127 Å². The maximum atomic E-state index is 13.5. The second-order valence-electron chi connectivity index (χ2n) is 19.8. The molecule has 6 aromatic rings. The number of aromatic nitrogens is 8. The predicted octanol–water partition coefficient (Wildman–Crippen LogP) is 4.82. The first kappa shape index (κ1) is 76.9. The van der Waals surface area contributed by atoms with E-state index < -0.39 is 30.0 Å².